The molecule has 0 saturated carbocycles. The number of aliphatic carboxylic acids is 1. The first kappa shape index (κ1) is 26.8. The van der Waals surface area contributed by atoms with E-state index >= 15 is 0 Å². The molecule has 0 fully saturated rings. The normalized spacial score (nSPS) is 14.3. The third-order valence-electron chi connectivity index (χ3n) is 6.15. The average molecular weight is 541 g/mol. The number of carbonyl (C=O) groups excluding carboxylic acids is 2. The zero-order valence-electron chi connectivity index (χ0n) is 20.6. The number of carbonyl (C=O) groups is 3. The highest BCUT2D eigenvalue weighted by molar-refractivity contribution is 9.10. The van der Waals surface area contributed by atoms with Crippen LogP contribution < -0.4 is 5.32 Å². The summed E-state index contributed by atoms with van der Waals surface area (Å²) in [5.41, 5.74) is 4.41. The van der Waals surface area contributed by atoms with Crippen LogP contribution in [0.3, 0.4) is 0 Å². The van der Waals surface area contributed by atoms with Crippen LogP contribution in [0.15, 0.2) is 51.9 Å². The Morgan fingerprint density at radius 1 is 1.11 bits per heavy atom. The summed E-state index contributed by atoms with van der Waals surface area (Å²) in [6.07, 6.45) is 2.69. The summed E-state index contributed by atoms with van der Waals surface area (Å²) in [5.74, 6) is -1.97. The van der Waals surface area contributed by atoms with Crippen LogP contribution in [0.25, 0.3) is 0 Å². The third-order valence-corrected chi connectivity index (χ3v) is 6.61. The van der Waals surface area contributed by atoms with Gasteiger partial charge in [-0.05, 0) is 59.2 Å². The van der Waals surface area contributed by atoms with Crippen molar-refractivity contribution in [3.63, 3.8) is 0 Å². The molecule has 0 aliphatic carbocycles. The zero-order chi connectivity index (χ0) is 25.6. The number of ketones is 1. The molecule has 1 amide bonds. The van der Waals surface area contributed by atoms with Crippen LogP contribution >= 0.6 is 15.9 Å². The van der Waals surface area contributed by atoms with Gasteiger partial charge in [0.25, 0.3) is 5.91 Å². The second kappa shape index (κ2) is 11.8. The number of hydrogen-bond acceptors (Lipinski definition) is 4. The molecular formula is C28H33BrN2O4. The molecule has 6 nitrogen and oxygen atoms in total. The number of Topliss-reactive ketones (excluding diaryl/α,β-unsaturated/α-hetero) is 1. The lowest BCUT2D eigenvalue weighted by Gasteiger charge is -2.23. The average Bonchev–Trinajstić information content (AvgIpc) is 3.29. The minimum absolute atomic E-state index is 0.0342. The minimum Gasteiger partial charge on any atom is -0.481 e. The Morgan fingerprint density at radius 3 is 2.54 bits per heavy atom. The molecule has 1 aliphatic heterocycles. The van der Waals surface area contributed by atoms with Crippen molar-refractivity contribution in [2.45, 2.75) is 64.2 Å². The fraction of sp³-hybridized carbons (Fsp3) is 0.429. The lowest BCUT2D eigenvalue weighted by atomic mass is 9.83. The van der Waals surface area contributed by atoms with E-state index in [9.17, 15) is 19.5 Å². The van der Waals surface area contributed by atoms with Crippen molar-refractivity contribution in [3.8, 4) is 0 Å². The van der Waals surface area contributed by atoms with Crippen molar-refractivity contribution in [1.82, 2.24) is 5.32 Å². The standard InChI is InChI=1S/C28H33BrN2O4/c1-28(2,3)22-12-20(13-23(29)16-22)21(15-26(33)34)14-25(32)17-31-27(35)19-7-4-6-18(10-19)11-24-8-5-9-30-24/h4,6-7,10,12-13,16,21H,5,8-9,11,14-15,17H2,1-3H3,(H,31,35)(H,33,34)/t21-/m0/s1. The molecule has 0 aromatic heterocycles. The maximum Gasteiger partial charge on any atom is 0.303 e. The Labute approximate surface area is 215 Å². The van der Waals surface area contributed by atoms with Gasteiger partial charge in [0.1, 0.15) is 0 Å². The fourth-order valence-corrected chi connectivity index (χ4v) is 4.74. The van der Waals surface area contributed by atoms with Gasteiger partial charge in [0.2, 0.25) is 0 Å². The molecule has 0 spiro atoms. The molecule has 0 saturated heterocycles. The van der Waals surface area contributed by atoms with E-state index in [2.05, 4.69) is 47.0 Å². The Balaban J connectivity index is 1.65. The van der Waals surface area contributed by atoms with Gasteiger partial charge < -0.3 is 10.4 Å². The minimum atomic E-state index is -0.965. The van der Waals surface area contributed by atoms with E-state index in [1.165, 1.54) is 0 Å². The molecule has 7 heteroatoms. The number of carboxylic acids is 1. The van der Waals surface area contributed by atoms with Crippen LogP contribution in [0.5, 0.6) is 0 Å². The largest absolute Gasteiger partial charge is 0.481 e. The van der Waals surface area contributed by atoms with E-state index in [-0.39, 0.29) is 36.5 Å². The SMILES string of the molecule is CC(C)(C)c1cc(Br)cc([C@H](CC(=O)O)CC(=O)CNC(=O)c2cccc(CC3=NCCC3)c2)c1. The second-order valence-corrected chi connectivity index (χ2v) is 11.1. The van der Waals surface area contributed by atoms with Gasteiger partial charge in [-0.1, -0.05) is 54.9 Å². The summed E-state index contributed by atoms with van der Waals surface area (Å²) in [7, 11) is 0. The van der Waals surface area contributed by atoms with Gasteiger partial charge in [-0.15, -0.1) is 0 Å². The van der Waals surface area contributed by atoms with Crippen LogP contribution in [-0.2, 0) is 21.4 Å². The van der Waals surface area contributed by atoms with E-state index in [1.54, 1.807) is 6.07 Å². The molecule has 186 valence electrons. The van der Waals surface area contributed by atoms with Gasteiger partial charge in [-0.2, -0.15) is 0 Å². The van der Waals surface area contributed by atoms with Crippen molar-refractivity contribution < 1.29 is 19.5 Å². The van der Waals surface area contributed by atoms with Crippen molar-refractivity contribution in [2.75, 3.05) is 13.1 Å². The smallest absolute Gasteiger partial charge is 0.303 e. The fourth-order valence-electron chi connectivity index (χ4n) is 4.23. The van der Waals surface area contributed by atoms with Gasteiger partial charge >= 0.3 is 5.97 Å². The van der Waals surface area contributed by atoms with Gasteiger partial charge in [0.05, 0.1) is 13.0 Å². The highest BCUT2D eigenvalue weighted by atomic mass is 79.9. The first-order valence-corrected chi connectivity index (χ1v) is 12.7. The number of nitrogens with one attached hydrogen (secondary N) is 1. The molecule has 2 aromatic carbocycles. The van der Waals surface area contributed by atoms with Gasteiger partial charge in [0.15, 0.2) is 5.78 Å². The Kier molecular flexibility index (Phi) is 9.00. The van der Waals surface area contributed by atoms with E-state index in [0.29, 0.717) is 5.56 Å². The maximum atomic E-state index is 12.8. The number of nitrogens with zero attached hydrogens (tertiary/aromatic N) is 1. The molecule has 3 rings (SSSR count). The molecule has 1 atom stereocenters. The van der Waals surface area contributed by atoms with Crippen molar-refractivity contribution in [1.29, 1.82) is 0 Å². The van der Waals surface area contributed by atoms with Crippen molar-refractivity contribution in [2.24, 2.45) is 4.99 Å². The summed E-state index contributed by atoms with van der Waals surface area (Å²) in [6.45, 7) is 6.98. The number of benzene rings is 2. The first-order chi connectivity index (χ1) is 16.5. The van der Waals surface area contributed by atoms with E-state index in [0.717, 1.165) is 52.7 Å². The number of halogens is 1. The van der Waals surface area contributed by atoms with Crippen molar-refractivity contribution >= 4 is 39.3 Å². The molecule has 2 N–H and O–H groups in total. The Hall–Kier alpha value is -2.80. The highest BCUT2D eigenvalue weighted by Gasteiger charge is 2.23. The molecule has 0 radical (unpaired) electrons. The summed E-state index contributed by atoms with van der Waals surface area (Å²) in [4.78, 5) is 41.5. The molecule has 2 aromatic rings. The predicted octanol–water partition coefficient (Wildman–Crippen LogP) is 5.47. The number of aliphatic imine (C=N–C) groups is 1. The van der Waals surface area contributed by atoms with E-state index < -0.39 is 11.9 Å². The summed E-state index contributed by atoms with van der Waals surface area (Å²) in [5, 5.41) is 12.2. The number of rotatable bonds is 10. The topological polar surface area (TPSA) is 95.8 Å². The molecular weight excluding hydrogens is 508 g/mol. The quantitative estimate of drug-likeness (QED) is 0.417. The second-order valence-electron chi connectivity index (χ2n) is 10.2. The number of hydrogen-bond donors (Lipinski definition) is 2. The predicted molar refractivity (Wildman–Crippen MR) is 141 cm³/mol. The van der Waals surface area contributed by atoms with Crippen molar-refractivity contribution in [3.05, 3.63) is 69.2 Å². The maximum absolute atomic E-state index is 12.8. The molecule has 1 heterocycles. The molecule has 0 unspecified atom stereocenters. The van der Waals surface area contributed by atoms with E-state index in [4.69, 9.17) is 0 Å². The zero-order valence-corrected chi connectivity index (χ0v) is 22.2. The van der Waals surface area contributed by atoms with Gasteiger partial charge in [0, 0.05) is 41.1 Å². The third kappa shape index (κ3) is 8.13. The Bertz CT molecular complexity index is 1130. The lowest BCUT2D eigenvalue weighted by Crippen LogP contribution is -2.30. The van der Waals surface area contributed by atoms with Crippen LogP contribution in [0, 0.1) is 0 Å². The number of amides is 1. The molecule has 1 aliphatic rings. The van der Waals surface area contributed by atoms with Crippen LogP contribution in [0.4, 0.5) is 0 Å². The Morgan fingerprint density at radius 2 is 1.89 bits per heavy atom. The van der Waals surface area contributed by atoms with Crippen LogP contribution in [0.2, 0.25) is 0 Å². The van der Waals surface area contributed by atoms with E-state index in [1.807, 2.05) is 36.4 Å². The van der Waals surface area contributed by atoms with Crippen LogP contribution in [-0.4, -0.2) is 41.6 Å². The highest BCUT2D eigenvalue weighted by Crippen LogP contribution is 2.32. The monoisotopic (exact) mass is 540 g/mol. The van der Waals surface area contributed by atoms with Crippen LogP contribution in [0.1, 0.15) is 79.4 Å². The number of carboxylic acid groups (broad SMARTS) is 1. The summed E-state index contributed by atoms with van der Waals surface area (Å²) < 4.78 is 0.847. The molecule has 35 heavy (non-hydrogen) atoms. The molecule has 0 bridgehead atoms. The van der Waals surface area contributed by atoms with Gasteiger partial charge in [-0.3, -0.25) is 19.4 Å². The van der Waals surface area contributed by atoms with Gasteiger partial charge in [-0.25, -0.2) is 0 Å². The summed E-state index contributed by atoms with van der Waals surface area (Å²) >= 11 is 3.52. The first-order valence-electron chi connectivity index (χ1n) is 11.9. The lowest BCUT2D eigenvalue weighted by molar-refractivity contribution is -0.137. The summed E-state index contributed by atoms with van der Waals surface area (Å²) in [6, 6.07) is 13.2.